The highest BCUT2D eigenvalue weighted by molar-refractivity contribution is 9.10. The van der Waals surface area contributed by atoms with E-state index < -0.39 is 0 Å². The van der Waals surface area contributed by atoms with Gasteiger partial charge in [-0.1, -0.05) is 35.0 Å². The lowest BCUT2D eigenvalue weighted by molar-refractivity contribution is -0.119. The van der Waals surface area contributed by atoms with E-state index in [-0.39, 0.29) is 30.3 Å². The van der Waals surface area contributed by atoms with E-state index in [2.05, 4.69) is 38.4 Å². The van der Waals surface area contributed by atoms with Gasteiger partial charge < -0.3 is 11.1 Å². The topological polar surface area (TPSA) is 68.0 Å². The van der Waals surface area contributed by atoms with Gasteiger partial charge in [-0.05, 0) is 24.6 Å². The average Bonchev–Trinajstić information content (AvgIpc) is 2.87. The highest BCUT2D eigenvalue weighted by Gasteiger charge is 2.18. The van der Waals surface area contributed by atoms with Gasteiger partial charge in [-0.15, -0.1) is 23.7 Å². The number of nitrogens with one attached hydrogen (secondary N) is 1. The number of carbonyl (C=O) groups is 1. The molecule has 0 spiro atoms. The van der Waals surface area contributed by atoms with Crippen LogP contribution < -0.4 is 11.1 Å². The van der Waals surface area contributed by atoms with Gasteiger partial charge >= 0.3 is 0 Å². The van der Waals surface area contributed by atoms with Crippen LogP contribution in [0.3, 0.4) is 0 Å². The number of carbonyl (C=O) groups excluding carboxylic acids is 1. The summed E-state index contributed by atoms with van der Waals surface area (Å²) in [6.45, 7) is 3.64. The molecule has 0 saturated carbocycles. The first-order valence-corrected chi connectivity index (χ1v) is 8.32. The molecule has 1 aromatic heterocycles. The number of halogens is 2. The third-order valence-electron chi connectivity index (χ3n) is 3.28. The van der Waals surface area contributed by atoms with Crippen molar-refractivity contribution in [3.05, 3.63) is 45.4 Å². The van der Waals surface area contributed by atoms with E-state index in [9.17, 15) is 4.79 Å². The number of hydrogen-bond acceptors (Lipinski definition) is 4. The molecule has 0 fully saturated rings. The smallest absolute Gasteiger partial charge is 0.230 e. The number of aromatic nitrogens is 1. The molecule has 2 rings (SSSR count). The maximum Gasteiger partial charge on any atom is 0.230 e. The van der Waals surface area contributed by atoms with Crippen molar-refractivity contribution in [2.75, 3.05) is 5.32 Å². The summed E-state index contributed by atoms with van der Waals surface area (Å²) in [6.07, 6.45) is 2.61. The number of rotatable bonds is 5. The Labute approximate surface area is 149 Å². The van der Waals surface area contributed by atoms with Gasteiger partial charge in [0, 0.05) is 28.0 Å². The van der Waals surface area contributed by atoms with E-state index in [4.69, 9.17) is 5.73 Å². The summed E-state index contributed by atoms with van der Waals surface area (Å²) in [4.78, 5) is 17.3. The molecule has 1 amide bonds. The number of thiazole rings is 1. The minimum atomic E-state index is -0.233. The predicted molar refractivity (Wildman–Crippen MR) is 97.8 cm³/mol. The Morgan fingerprint density at radius 3 is 2.59 bits per heavy atom. The SMILES string of the molecule is CC(N)C(C)C(=O)Nc1ncc(Cc2ccc(Br)cc2)s1.Cl. The van der Waals surface area contributed by atoms with Crippen molar-refractivity contribution in [1.82, 2.24) is 4.98 Å². The number of nitrogens with zero attached hydrogens (tertiary/aromatic N) is 1. The minimum absolute atomic E-state index is 0. The van der Waals surface area contributed by atoms with Gasteiger partial charge in [0.15, 0.2) is 5.13 Å². The lowest BCUT2D eigenvalue weighted by atomic mass is 10.0. The van der Waals surface area contributed by atoms with E-state index in [0.717, 1.165) is 15.8 Å². The van der Waals surface area contributed by atoms with Crippen LogP contribution in [0.15, 0.2) is 34.9 Å². The van der Waals surface area contributed by atoms with E-state index >= 15 is 0 Å². The molecule has 2 unspecified atom stereocenters. The third-order valence-corrected chi connectivity index (χ3v) is 4.72. The van der Waals surface area contributed by atoms with Gasteiger partial charge in [0.25, 0.3) is 0 Å². The van der Waals surface area contributed by atoms with Crippen molar-refractivity contribution in [3.63, 3.8) is 0 Å². The van der Waals surface area contributed by atoms with Crippen molar-refractivity contribution < 1.29 is 4.79 Å². The van der Waals surface area contributed by atoms with Crippen LogP contribution in [0, 0.1) is 5.92 Å². The van der Waals surface area contributed by atoms with Crippen molar-refractivity contribution in [2.45, 2.75) is 26.3 Å². The van der Waals surface area contributed by atoms with Gasteiger partial charge in [-0.25, -0.2) is 4.98 Å². The lowest BCUT2D eigenvalue weighted by Gasteiger charge is -2.13. The standard InChI is InChI=1S/C15H18BrN3OS.ClH/c1-9(10(2)17)14(20)19-15-18-8-13(21-15)7-11-3-5-12(16)6-4-11;/h3-6,8-10H,7,17H2,1-2H3,(H,18,19,20);1H. The normalized spacial score (nSPS) is 13.1. The molecule has 22 heavy (non-hydrogen) atoms. The molecule has 4 nitrogen and oxygen atoms in total. The number of benzene rings is 1. The summed E-state index contributed by atoms with van der Waals surface area (Å²) in [6, 6.07) is 8.00. The number of hydrogen-bond donors (Lipinski definition) is 2. The largest absolute Gasteiger partial charge is 0.327 e. The van der Waals surface area contributed by atoms with Crippen molar-refractivity contribution in [3.8, 4) is 0 Å². The van der Waals surface area contributed by atoms with Gasteiger partial charge in [0.05, 0.1) is 5.92 Å². The molecule has 3 N–H and O–H groups in total. The fraction of sp³-hybridized carbons (Fsp3) is 0.333. The summed E-state index contributed by atoms with van der Waals surface area (Å²) in [5.41, 5.74) is 6.94. The molecular formula is C15H19BrClN3OS. The second-order valence-electron chi connectivity index (χ2n) is 5.07. The van der Waals surface area contributed by atoms with Gasteiger partial charge in [0.1, 0.15) is 0 Å². The number of anilines is 1. The van der Waals surface area contributed by atoms with Crippen LogP contribution in [0.4, 0.5) is 5.13 Å². The molecule has 0 aliphatic heterocycles. The zero-order valence-electron chi connectivity index (χ0n) is 12.4. The summed E-state index contributed by atoms with van der Waals surface area (Å²) < 4.78 is 1.06. The van der Waals surface area contributed by atoms with Crippen molar-refractivity contribution in [1.29, 1.82) is 0 Å². The molecule has 2 aromatic rings. The monoisotopic (exact) mass is 403 g/mol. The van der Waals surface area contributed by atoms with Crippen molar-refractivity contribution in [2.24, 2.45) is 11.7 Å². The molecule has 0 aliphatic rings. The lowest BCUT2D eigenvalue weighted by Crippen LogP contribution is -2.34. The Balaban J connectivity index is 0.00000242. The van der Waals surface area contributed by atoms with Crippen LogP contribution >= 0.6 is 39.7 Å². The van der Waals surface area contributed by atoms with E-state index in [1.807, 2.05) is 26.0 Å². The maximum atomic E-state index is 11.9. The fourth-order valence-electron chi connectivity index (χ4n) is 1.71. The van der Waals surface area contributed by atoms with E-state index in [1.54, 1.807) is 6.20 Å². The summed E-state index contributed by atoms with van der Waals surface area (Å²) in [7, 11) is 0. The van der Waals surface area contributed by atoms with Crippen molar-refractivity contribution >= 4 is 50.7 Å². The zero-order chi connectivity index (χ0) is 15.4. The Hall–Kier alpha value is -0.950. The first-order valence-electron chi connectivity index (χ1n) is 6.71. The highest BCUT2D eigenvalue weighted by Crippen LogP contribution is 2.22. The third kappa shape index (κ3) is 5.35. The molecule has 120 valence electrons. The highest BCUT2D eigenvalue weighted by atomic mass is 79.9. The summed E-state index contributed by atoms with van der Waals surface area (Å²) in [5.74, 6) is -0.321. The van der Waals surface area contributed by atoms with Crippen LogP contribution in [-0.4, -0.2) is 16.9 Å². The average molecular weight is 405 g/mol. The maximum absolute atomic E-state index is 11.9. The molecule has 1 aromatic carbocycles. The molecule has 0 bridgehead atoms. The molecule has 1 heterocycles. The molecule has 0 radical (unpaired) electrons. The molecule has 7 heteroatoms. The van der Waals surface area contributed by atoms with Gasteiger partial charge in [-0.2, -0.15) is 0 Å². The Bertz CT molecular complexity index is 616. The zero-order valence-corrected chi connectivity index (χ0v) is 15.6. The Kier molecular flexibility index (Phi) is 7.48. The molecule has 0 saturated heterocycles. The van der Waals surface area contributed by atoms with Crippen LogP contribution in [-0.2, 0) is 11.2 Å². The van der Waals surface area contributed by atoms with E-state index in [0.29, 0.717) is 5.13 Å². The molecule has 2 atom stereocenters. The first kappa shape index (κ1) is 19.1. The van der Waals surface area contributed by atoms with Crippen LogP contribution in [0.1, 0.15) is 24.3 Å². The van der Waals surface area contributed by atoms with Gasteiger partial charge in [-0.3, -0.25) is 4.79 Å². The first-order chi connectivity index (χ1) is 9.95. The quantitative estimate of drug-likeness (QED) is 0.795. The van der Waals surface area contributed by atoms with Gasteiger partial charge in [0.2, 0.25) is 5.91 Å². The van der Waals surface area contributed by atoms with Crippen LogP contribution in [0.25, 0.3) is 0 Å². The number of nitrogens with two attached hydrogens (primary N) is 1. The van der Waals surface area contributed by atoms with E-state index in [1.165, 1.54) is 16.9 Å². The van der Waals surface area contributed by atoms with Crippen LogP contribution in [0.5, 0.6) is 0 Å². The molecular weight excluding hydrogens is 386 g/mol. The molecule has 0 aliphatic carbocycles. The fourth-order valence-corrected chi connectivity index (χ4v) is 2.82. The second kappa shape index (κ2) is 8.62. The number of amides is 1. The predicted octanol–water partition coefficient (Wildman–Crippen LogP) is 3.84. The Morgan fingerprint density at radius 2 is 2.00 bits per heavy atom. The minimum Gasteiger partial charge on any atom is -0.327 e. The summed E-state index contributed by atoms with van der Waals surface area (Å²) in [5, 5.41) is 3.44. The Morgan fingerprint density at radius 1 is 1.36 bits per heavy atom. The summed E-state index contributed by atoms with van der Waals surface area (Å²) >= 11 is 4.91. The second-order valence-corrected chi connectivity index (χ2v) is 7.10. The van der Waals surface area contributed by atoms with Crippen LogP contribution in [0.2, 0.25) is 0 Å².